The third-order valence-corrected chi connectivity index (χ3v) is 8.54. The molecule has 4 aromatic rings. The second-order valence-electron chi connectivity index (χ2n) is 9.03. The molecule has 1 saturated heterocycles. The molecule has 188 valence electrons. The maximum absolute atomic E-state index is 13.1. The van der Waals surface area contributed by atoms with Gasteiger partial charge in [-0.15, -0.1) is 22.0 Å². The van der Waals surface area contributed by atoms with Crippen molar-refractivity contribution in [3.8, 4) is 0 Å². The molecule has 8 heteroatoms. The summed E-state index contributed by atoms with van der Waals surface area (Å²) < 4.78 is 0. The number of nitrogens with zero attached hydrogens (tertiary/aromatic N) is 3. The Morgan fingerprint density at radius 1 is 1.03 bits per heavy atom. The van der Waals surface area contributed by atoms with Crippen LogP contribution >= 0.6 is 23.1 Å². The minimum atomic E-state index is -0.196. The van der Waals surface area contributed by atoms with Gasteiger partial charge in [0.2, 0.25) is 11.0 Å². The van der Waals surface area contributed by atoms with Crippen molar-refractivity contribution in [2.24, 2.45) is 0 Å². The maximum Gasteiger partial charge on any atom is 0.258 e. The lowest BCUT2D eigenvalue weighted by molar-refractivity contribution is -0.117. The predicted molar refractivity (Wildman–Crippen MR) is 151 cm³/mol. The molecule has 6 nitrogen and oxygen atoms in total. The maximum atomic E-state index is 13.1. The quantitative estimate of drug-likeness (QED) is 0.203. The molecule has 0 saturated carbocycles. The van der Waals surface area contributed by atoms with Gasteiger partial charge < -0.3 is 4.90 Å². The van der Waals surface area contributed by atoms with Crippen molar-refractivity contribution in [1.82, 2.24) is 10.2 Å². The van der Waals surface area contributed by atoms with Gasteiger partial charge in [-0.2, -0.15) is 0 Å². The average molecular weight is 529 g/mol. The first-order valence-corrected chi connectivity index (χ1v) is 14.1. The van der Waals surface area contributed by atoms with Gasteiger partial charge in [-0.25, -0.2) is 0 Å². The van der Waals surface area contributed by atoms with Crippen LogP contribution in [0.15, 0.2) is 83.8 Å². The van der Waals surface area contributed by atoms with Crippen molar-refractivity contribution in [2.75, 3.05) is 22.5 Å². The Bertz CT molecular complexity index is 1390. The van der Waals surface area contributed by atoms with E-state index in [1.54, 1.807) is 11.8 Å². The molecular formula is C29H28N4O2S2. The number of carbonyl (C=O) groups is 2. The van der Waals surface area contributed by atoms with E-state index in [2.05, 4.69) is 39.8 Å². The highest BCUT2D eigenvalue weighted by atomic mass is 32.2. The molecule has 1 atom stereocenters. The lowest BCUT2D eigenvalue weighted by Gasteiger charge is -2.18. The fourth-order valence-corrected chi connectivity index (χ4v) is 6.30. The topological polar surface area (TPSA) is 75.2 Å². The van der Waals surface area contributed by atoms with E-state index in [1.807, 2.05) is 66.4 Å². The van der Waals surface area contributed by atoms with Crippen molar-refractivity contribution in [1.29, 1.82) is 0 Å². The number of anilines is 2. The summed E-state index contributed by atoms with van der Waals surface area (Å²) in [7, 11) is 0. The Morgan fingerprint density at radius 3 is 2.62 bits per heavy atom. The van der Waals surface area contributed by atoms with Crippen LogP contribution in [0.1, 0.15) is 45.3 Å². The number of benzene rings is 3. The molecule has 0 radical (unpaired) electrons. The van der Waals surface area contributed by atoms with Crippen molar-refractivity contribution in [3.63, 3.8) is 0 Å². The minimum absolute atomic E-state index is 0.0392. The lowest BCUT2D eigenvalue weighted by atomic mass is 10.1. The zero-order chi connectivity index (χ0) is 25.6. The first-order valence-electron chi connectivity index (χ1n) is 12.3. The van der Waals surface area contributed by atoms with Crippen LogP contribution in [0.4, 0.5) is 10.8 Å². The molecule has 1 unspecified atom stereocenters. The Hall–Kier alpha value is -3.49. The summed E-state index contributed by atoms with van der Waals surface area (Å²) in [4.78, 5) is 28.6. The van der Waals surface area contributed by atoms with Gasteiger partial charge in [-0.1, -0.05) is 72.0 Å². The van der Waals surface area contributed by atoms with Gasteiger partial charge in [-0.3, -0.25) is 14.9 Å². The molecule has 1 aliphatic heterocycles. The van der Waals surface area contributed by atoms with Crippen molar-refractivity contribution >= 4 is 45.7 Å². The third-order valence-electron chi connectivity index (χ3n) is 6.38. The smallest absolute Gasteiger partial charge is 0.258 e. The van der Waals surface area contributed by atoms with Gasteiger partial charge >= 0.3 is 0 Å². The molecule has 0 bridgehead atoms. The van der Waals surface area contributed by atoms with Crippen LogP contribution < -0.4 is 10.2 Å². The molecule has 1 N–H and O–H groups in total. The average Bonchev–Trinajstić information content (AvgIpc) is 3.54. The second-order valence-corrected chi connectivity index (χ2v) is 11.2. The number of carbonyl (C=O) groups excluding carboxylic acids is 2. The summed E-state index contributed by atoms with van der Waals surface area (Å²) in [5.74, 6) is 0.772. The Kier molecular flexibility index (Phi) is 7.96. The molecule has 1 aliphatic rings. The molecule has 2 heterocycles. The van der Waals surface area contributed by atoms with Crippen molar-refractivity contribution in [3.05, 3.63) is 101 Å². The van der Waals surface area contributed by atoms with Gasteiger partial charge in [0.05, 0.1) is 5.56 Å². The molecule has 0 aliphatic carbocycles. The van der Waals surface area contributed by atoms with E-state index < -0.39 is 0 Å². The number of rotatable bonds is 9. The highest BCUT2D eigenvalue weighted by Gasteiger charge is 2.34. The summed E-state index contributed by atoms with van der Waals surface area (Å²) in [5, 5.41) is 12.6. The summed E-state index contributed by atoms with van der Waals surface area (Å²) in [6.45, 7) is 2.57. The van der Waals surface area contributed by atoms with Crippen molar-refractivity contribution in [2.45, 2.75) is 37.0 Å². The number of nitrogens with one attached hydrogen (secondary N) is 1. The first-order chi connectivity index (χ1) is 18.1. The van der Waals surface area contributed by atoms with Gasteiger partial charge in [0.25, 0.3) is 5.91 Å². The fourth-order valence-electron chi connectivity index (χ4n) is 4.47. The van der Waals surface area contributed by atoms with E-state index in [1.165, 1.54) is 16.9 Å². The van der Waals surface area contributed by atoms with Crippen LogP contribution in [0, 0.1) is 6.92 Å². The number of aryl methyl sites for hydroxylation is 2. The third kappa shape index (κ3) is 6.09. The molecule has 3 aromatic carbocycles. The van der Waals surface area contributed by atoms with E-state index in [9.17, 15) is 9.59 Å². The van der Waals surface area contributed by atoms with Gasteiger partial charge in [0, 0.05) is 29.5 Å². The normalized spacial score (nSPS) is 15.2. The summed E-state index contributed by atoms with van der Waals surface area (Å²) in [5.41, 5.74) is 3.96. The van der Waals surface area contributed by atoms with Crippen LogP contribution in [0.2, 0.25) is 0 Å². The van der Waals surface area contributed by atoms with Gasteiger partial charge in [0.1, 0.15) is 5.01 Å². The fraction of sp³-hybridized carbons (Fsp3) is 0.241. The summed E-state index contributed by atoms with van der Waals surface area (Å²) >= 11 is 3.04. The lowest BCUT2D eigenvalue weighted by Crippen LogP contribution is -2.25. The van der Waals surface area contributed by atoms with Crippen molar-refractivity contribution < 1.29 is 9.59 Å². The molecule has 5 rings (SSSR count). The Balaban J connectivity index is 1.19. The van der Waals surface area contributed by atoms with E-state index in [0.29, 0.717) is 23.7 Å². The number of thioether (sulfide) groups is 1. The number of amides is 2. The zero-order valence-corrected chi connectivity index (χ0v) is 22.2. The van der Waals surface area contributed by atoms with Crippen LogP contribution in [0.3, 0.4) is 0 Å². The first kappa shape index (κ1) is 25.2. The highest BCUT2D eigenvalue weighted by molar-refractivity contribution is 7.99. The molecule has 0 spiro atoms. The summed E-state index contributed by atoms with van der Waals surface area (Å²) in [6, 6.07) is 26.0. The number of hydrogen-bond acceptors (Lipinski definition) is 6. The molecule has 2 amide bonds. The van der Waals surface area contributed by atoms with Crippen LogP contribution in [-0.2, 0) is 11.2 Å². The number of para-hydroxylation sites is 1. The van der Waals surface area contributed by atoms with Crippen LogP contribution in [-0.4, -0.2) is 34.3 Å². The minimum Gasteiger partial charge on any atom is -0.311 e. The predicted octanol–water partition coefficient (Wildman–Crippen LogP) is 6.34. The SMILES string of the molecule is Cc1ccccc1N1CC(c2nnc(NC(=O)c3ccccc3SCCCc3ccccc3)s2)CC1=O. The largest absolute Gasteiger partial charge is 0.311 e. The Labute approximate surface area is 225 Å². The molecular weight excluding hydrogens is 500 g/mol. The number of aromatic nitrogens is 2. The van der Waals surface area contributed by atoms with E-state index in [-0.39, 0.29) is 17.7 Å². The van der Waals surface area contributed by atoms with Crippen LogP contribution in [0.5, 0.6) is 0 Å². The monoisotopic (exact) mass is 528 g/mol. The molecule has 1 fully saturated rings. The molecule has 1 aromatic heterocycles. The highest BCUT2D eigenvalue weighted by Crippen LogP contribution is 2.35. The Morgan fingerprint density at radius 2 is 1.78 bits per heavy atom. The summed E-state index contributed by atoms with van der Waals surface area (Å²) in [6.07, 6.45) is 2.43. The van der Waals surface area contributed by atoms with E-state index in [4.69, 9.17) is 0 Å². The van der Waals surface area contributed by atoms with Crippen LogP contribution in [0.25, 0.3) is 0 Å². The second kappa shape index (κ2) is 11.7. The van der Waals surface area contributed by atoms with Gasteiger partial charge in [0.15, 0.2) is 0 Å². The standard InChI is InChI=1S/C29H28N4O2S2/c1-20-10-5-7-15-24(20)33-19-22(18-26(33)34)28-31-32-29(37-28)30-27(35)23-14-6-8-16-25(23)36-17-9-13-21-11-3-2-4-12-21/h2-8,10-12,14-16,22H,9,13,17-19H2,1H3,(H,30,32,35). The number of hydrogen-bond donors (Lipinski definition) is 1. The zero-order valence-electron chi connectivity index (χ0n) is 20.6. The van der Waals surface area contributed by atoms with E-state index in [0.717, 1.165) is 39.7 Å². The van der Waals surface area contributed by atoms with Gasteiger partial charge in [-0.05, 0) is 54.8 Å². The molecule has 37 heavy (non-hydrogen) atoms. The van der Waals surface area contributed by atoms with E-state index >= 15 is 0 Å².